The van der Waals surface area contributed by atoms with Crippen LogP contribution in [0.5, 0.6) is 0 Å². The van der Waals surface area contributed by atoms with E-state index in [1.165, 1.54) is 7.11 Å². The summed E-state index contributed by atoms with van der Waals surface area (Å²) in [6, 6.07) is 8.20. The van der Waals surface area contributed by atoms with Gasteiger partial charge in [0.2, 0.25) is 0 Å². The number of rotatable bonds is 7. The molecule has 2 aromatic rings. The molecular weight excluding hydrogens is 500 g/mol. The number of ether oxygens (including phenoxy) is 3. The van der Waals surface area contributed by atoms with Gasteiger partial charge in [0.15, 0.2) is 5.82 Å². The van der Waals surface area contributed by atoms with Crippen molar-refractivity contribution in [3.8, 4) is 11.4 Å². The molecule has 11 heteroatoms. The number of aromatic nitrogens is 2. The number of likely N-dealkylation sites (N-methyl/N-ethyl adjacent to an activating group) is 1. The Morgan fingerprint density at radius 2 is 1.87 bits per heavy atom. The van der Waals surface area contributed by atoms with Crippen LogP contribution in [0.2, 0.25) is 0 Å². The number of methoxy groups -OCH3 is 1. The van der Waals surface area contributed by atoms with E-state index in [1.807, 2.05) is 25.3 Å². The Morgan fingerprint density at radius 1 is 1.10 bits per heavy atom. The van der Waals surface area contributed by atoms with Crippen LogP contribution >= 0.6 is 0 Å². The minimum absolute atomic E-state index is 0.0384. The topological polar surface area (TPSA) is 101 Å². The molecular formula is C28H38N6O5. The van der Waals surface area contributed by atoms with Crippen LogP contribution in [-0.4, -0.2) is 117 Å². The van der Waals surface area contributed by atoms with Crippen molar-refractivity contribution in [3.63, 3.8) is 0 Å². The molecule has 0 saturated carbocycles. The first kappa shape index (κ1) is 27.1. The Labute approximate surface area is 229 Å². The van der Waals surface area contributed by atoms with Crippen molar-refractivity contribution in [1.29, 1.82) is 0 Å². The van der Waals surface area contributed by atoms with Crippen LogP contribution in [-0.2, 0) is 25.4 Å². The van der Waals surface area contributed by atoms with Gasteiger partial charge >= 0.3 is 12.1 Å². The van der Waals surface area contributed by atoms with Gasteiger partial charge in [-0.3, -0.25) is 4.79 Å². The minimum atomic E-state index is -0.244. The van der Waals surface area contributed by atoms with E-state index in [1.54, 1.807) is 4.90 Å². The second-order valence-electron chi connectivity index (χ2n) is 10.3. The molecule has 39 heavy (non-hydrogen) atoms. The summed E-state index contributed by atoms with van der Waals surface area (Å²) in [5.74, 6) is 1.29. The summed E-state index contributed by atoms with van der Waals surface area (Å²) in [7, 11) is 3.53. The summed E-state index contributed by atoms with van der Waals surface area (Å²) in [6.07, 6.45) is 2.67. The predicted molar refractivity (Wildman–Crippen MR) is 147 cm³/mol. The summed E-state index contributed by atoms with van der Waals surface area (Å²) in [6.45, 7) is 8.10. The van der Waals surface area contributed by atoms with Crippen LogP contribution in [0.1, 0.15) is 18.9 Å². The number of fused-ring (bicyclic) bond motifs is 1. The Hall–Kier alpha value is -3.44. The van der Waals surface area contributed by atoms with Gasteiger partial charge < -0.3 is 33.8 Å². The molecule has 0 radical (unpaired) electrons. The van der Waals surface area contributed by atoms with Gasteiger partial charge in [-0.15, -0.1) is 0 Å². The van der Waals surface area contributed by atoms with Crippen molar-refractivity contribution in [2.24, 2.45) is 0 Å². The van der Waals surface area contributed by atoms with Crippen LogP contribution in [0.15, 0.2) is 30.5 Å². The van der Waals surface area contributed by atoms with Crippen molar-refractivity contribution in [2.75, 3.05) is 83.0 Å². The summed E-state index contributed by atoms with van der Waals surface area (Å²) < 4.78 is 16.1. The maximum atomic E-state index is 12.2. The fourth-order valence-corrected chi connectivity index (χ4v) is 5.54. The van der Waals surface area contributed by atoms with Crippen molar-refractivity contribution in [3.05, 3.63) is 36.0 Å². The van der Waals surface area contributed by atoms with Crippen LogP contribution in [0.3, 0.4) is 0 Å². The standard InChI is InChI=1S/C28H38N6O5/c1-4-38-28(36)33-11-9-32(10-12-33)22-7-5-20(6-8-22)26-29-17-21-15-23(16-25(35)37-3)34(27(21)30-26)19-24-18-31(2)13-14-39-24/h5-8,17,23-24H,4,9-16,18-19H2,1-3H3/t23?,24-/m1/s1. The van der Waals surface area contributed by atoms with Crippen LogP contribution in [0, 0.1) is 0 Å². The molecule has 1 aromatic carbocycles. The molecule has 3 aliphatic rings. The van der Waals surface area contributed by atoms with Crippen LogP contribution in [0.4, 0.5) is 16.3 Å². The third-order valence-electron chi connectivity index (χ3n) is 7.68. The number of nitrogens with zero attached hydrogens (tertiary/aromatic N) is 6. The molecule has 0 spiro atoms. The first-order valence-electron chi connectivity index (χ1n) is 13.7. The molecule has 0 aliphatic carbocycles. The van der Waals surface area contributed by atoms with Crippen molar-refractivity contribution in [1.82, 2.24) is 19.8 Å². The lowest BCUT2D eigenvalue weighted by atomic mass is 10.1. The third-order valence-corrected chi connectivity index (χ3v) is 7.68. The summed E-state index contributed by atoms with van der Waals surface area (Å²) in [5.41, 5.74) is 3.06. The first-order chi connectivity index (χ1) is 18.9. The van der Waals surface area contributed by atoms with E-state index in [9.17, 15) is 9.59 Å². The van der Waals surface area contributed by atoms with Crippen LogP contribution in [0.25, 0.3) is 11.4 Å². The SMILES string of the molecule is CCOC(=O)N1CCN(c2ccc(-c3ncc4c(n3)N(C[C@H]3CN(C)CCO3)C(CC(=O)OC)C4)cc2)CC1. The molecule has 2 fully saturated rings. The molecule has 2 atom stereocenters. The Bertz CT molecular complexity index is 1150. The predicted octanol–water partition coefficient (Wildman–Crippen LogP) is 2.05. The number of carbonyl (C=O) groups is 2. The molecule has 1 amide bonds. The van der Waals surface area contributed by atoms with Crippen molar-refractivity contribution >= 4 is 23.6 Å². The average molecular weight is 539 g/mol. The number of hydrogen-bond donors (Lipinski definition) is 0. The second kappa shape index (κ2) is 12.2. The molecule has 1 unspecified atom stereocenters. The molecule has 3 aliphatic heterocycles. The quantitative estimate of drug-likeness (QED) is 0.487. The Kier molecular flexibility index (Phi) is 8.47. The fourth-order valence-electron chi connectivity index (χ4n) is 5.54. The monoisotopic (exact) mass is 538 g/mol. The average Bonchev–Trinajstić information content (AvgIpc) is 3.29. The number of esters is 1. The lowest BCUT2D eigenvalue weighted by Crippen LogP contribution is -2.49. The second-order valence-corrected chi connectivity index (χ2v) is 10.3. The number of hydrogen-bond acceptors (Lipinski definition) is 10. The van der Waals surface area contributed by atoms with Gasteiger partial charge in [0, 0.05) is 74.9 Å². The molecule has 0 bridgehead atoms. The normalized spacial score (nSPS) is 21.6. The van der Waals surface area contributed by atoms with Crippen LogP contribution < -0.4 is 9.80 Å². The Balaban J connectivity index is 1.30. The maximum absolute atomic E-state index is 12.2. The highest BCUT2D eigenvalue weighted by Gasteiger charge is 2.35. The van der Waals surface area contributed by atoms with Crippen molar-refractivity contribution < 1.29 is 23.8 Å². The summed E-state index contributed by atoms with van der Waals surface area (Å²) in [5, 5.41) is 0. The van der Waals surface area contributed by atoms with Gasteiger partial charge in [-0.25, -0.2) is 14.8 Å². The maximum Gasteiger partial charge on any atom is 0.409 e. The number of carbonyl (C=O) groups excluding carboxylic acids is 2. The zero-order chi connectivity index (χ0) is 27.4. The van der Waals surface area contributed by atoms with Gasteiger partial charge in [-0.05, 0) is 44.7 Å². The van der Waals surface area contributed by atoms with E-state index < -0.39 is 0 Å². The summed E-state index contributed by atoms with van der Waals surface area (Å²) >= 11 is 0. The van der Waals surface area contributed by atoms with E-state index in [4.69, 9.17) is 19.2 Å². The fraction of sp³-hybridized carbons (Fsp3) is 0.571. The highest BCUT2D eigenvalue weighted by molar-refractivity contribution is 5.72. The highest BCUT2D eigenvalue weighted by atomic mass is 16.6. The molecule has 210 valence electrons. The van der Waals surface area contributed by atoms with E-state index in [-0.39, 0.29) is 24.2 Å². The molecule has 1 aromatic heterocycles. The zero-order valence-corrected chi connectivity index (χ0v) is 23.0. The Morgan fingerprint density at radius 3 is 2.56 bits per heavy atom. The first-order valence-corrected chi connectivity index (χ1v) is 13.7. The molecule has 4 heterocycles. The smallest absolute Gasteiger partial charge is 0.409 e. The highest BCUT2D eigenvalue weighted by Crippen LogP contribution is 2.34. The number of piperazine rings is 1. The third kappa shape index (κ3) is 6.25. The lowest BCUT2D eigenvalue weighted by Gasteiger charge is -2.35. The van der Waals surface area contributed by atoms with E-state index >= 15 is 0 Å². The minimum Gasteiger partial charge on any atom is -0.469 e. The molecule has 5 rings (SSSR count). The van der Waals surface area contributed by atoms with Gasteiger partial charge in [0.1, 0.15) is 5.82 Å². The van der Waals surface area contributed by atoms with Gasteiger partial charge in [0.05, 0.1) is 32.8 Å². The van der Waals surface area contributed by atoms with E-state index in [0.29, 0.717) is 51.5 Å². The van der Waals surface area contributed by atoms with E-state index in [0.717, 1.165) is 48.8 Å². The molecule has 2 saturated heterocycles. The largest absolute Gasteiger partial charge is 0.469 e. The van der Waals surface area contributed by atoms with Gasteiger partial charge in [-0.1, -0.05) is 0 Å². The lowest BCUT2D eigenvalue weighted by molar-refractivity contribution is -0.141. The van der Waals surface area contributed by atoms with E-state index in [2.05, 4.69) is 38.9 Å². The zero-order valence-electron chi connectivity index (χ0n) is 23.0. The molecule has 11 nitrogen and oxygen atoms in total. The number of amides is 1. The number of benzene rings is 1. The summed E-state index contributed by atoms with van der Waals surface area (Å²) in [4.78, 5) is 42.3. The van der Waals surface area contributed by atoms with Gasteiger partial charge in [-0.2, -0.15) is 0 Å². The number of anilines is 2. The van der Waals surface area contributed by atoms with Gasteiger partial charge in [0.25, 0.3) is 0 Å². The molecule has 0 N–H and O–H groups in total. The number of morpholine rings is 1. The van der Waals surface area contributed by atoms with Crippen molar-refractivity contribution in [2.45, 2.75) is 31.9 Å².